The molecule has 0 saturated heterocycles. The van der Waals surface area contributed by atoms with Crippen molar-refractivity contribution >= 4 is 5.78 Å². The molecule has 16 heavy (non-hydrogen) atoms. The van der Waals surface area contributed by atoms with Crippen LogP contribution >= 0.6 is 0 Å². The summed E-state index contributed by atoms with van der Waals surface area (Å²) in [6.07, 6.45) is 4.42. The lowest BCUT2D eigenvalue weighted by atomic mass is 9.86. The molecule has 0 amide bonds. The Bertz CT molecular complexity index is 514. The van der Waals surface area contributed by atoms with Crippen LogP contribution in [-0.4, -0.2) is 17.0 Å². The van der Waals surface area contributed by atoms with E-state index in [-0.39, 0.29) is 23.6 Å². The Labute approximate surface area is 92.7 Å². The normalized spacial score (nSPS) is 26.5. The summed E-state index contributed by atoms with van der Waals surface area (Å²) in [6.45, 7) is 0. The Morgan fingerprint density at radius 2 is 2.06 bits per heavy atom. The number of rotatable bonds is 0. The molecule has 3 rings (SSSR count). The topological polar surface area (TPSA) is 46.5 Å². The molecule has 2 aliphatic rings. The number of aliphatic hydroxyl groups is 1. The molecule has 1 aromatic carbocycles. The first-order valence-electron chi connectivity index (χ1n) is 5.14. The van der Waals surface area contributed by atoms with E-state index in [0.29, 0.717) is 11.3 Å². The first-order chi connectivity index (χ1) is 7.75. The quantitative estimate of drug-likeness (QED) is 0.720. The maximum atomic E-state index is 12.1. The number of hydrogen-bond donors (Lipinski definition) is 1. The first kappa shape index (κ1) is 9.21. The second-order valence-corrected chi connectivity index (χ2v) is 3.92. The van der Waals surface area contributed by atoms with E-state index in [4.69, 9.17) is 4.74 Å². The van der Waals surface area contributed by atoms with Crippen LogP contribution in [0.4, 0.5) is 0 Å². The Kier molecular flexibility index (Phi) is 1.86. The molecular weight excluding hydrogens is 204 g/mol. The molecule has 1 aliphatic carbocycles. The highest BCUT2D eigenvalue weighted by Gasteiger charge is 2.35. The van der Waals surface area contributed by atoms with E-state index in [1.54, 1.807) is 24.3 Å². The maximum absolute atomic E-state index is 12.1. The van der Waals surface area contributed by atoms with Gasteiger partial charge in [-0.05, 0) is 24.3 Å². The van der Waals surface area contributed by atoms with Crippen LogP contribution in [0.2, 0.25) is 0 Å². The Morgan fingerprint density at radius 3 is 2.94 bits per heavy atom. The molecule has 1 N–H and O–H groups in total. The zero-order valence-corrected chi connectivity index (χ0v) is 8.46. The minimum Gasteiger partial charge on any atom is -0.508 e. The first-order valence-corrected chi connectivity index (χ1v) is 5.14. The van der Waals surface area contributed by atoms with Gasteiger partial charge in [-0.15, -0.1) is 0 Å². The highest BCUT2D eigenvalue weighted by molar-refractivity contribution is 6.03. The van der Waals surface area contributed by atoms with Crippen molar-refractivity contribution < 1.29 is 14.6 Å². The lowest BCUT2D eigenvalue weighted by molar-refractivity contribution is 0.0801. The highest BCUT2D eigenvalue weighted by Crippen LogP contribution is 2.33. The van der Waals surface area contributed by atoms with Crippen LogP contribution in [0.15, 0.2) is 48.3 Å². The summed E-state index contributed by atoms with van der Waals surface area (Å²) in [5.41, 5.74) is 0.614. The number of ether oxygens (including phenoxy) is 1. The molecule has 1 aliphatic heterocycles. The molecule has 0 fully saturated rings. The number of fused-ring (bicyclic) bond motifs is 2. The molecule has 1 aromatic rings. The van der Waals surface area contributed by atoms with E-state index in [2.05, 4.69) is 0 Å². The number of aliphatic hydroxyl groups excluding tert-OH is 1. The fourth-order valence-electron chi connectivity index (χ4n) is 2.08. The third-order valence-corrected chi connectivity index (χ3v) is 2.88. The highest BCUT2D eigenvalue weighted by atomic mass is 16.5. The summed E-state index contributed by atoms with van der Waals surface area (Å²) >= 11 is 0. The van der Waals surface area contributed by atoms with Crippen molar-refractivity contribution in [3.8, 4) is 5.75 Å². The van der Waals surface area contributed by atoms with Crippen molar-refractivity contribution in [3.63, 3.8) is 0 Å². The van der Waals surface area contributed by atoms with Crippen LogP contribution in [0.1, 0.15) is 10.4 Å². The lowest BCUT2D eigenvalue weighted by Gasteiger charge is -2.30. The maximum Gasteiger partial charge on any atom is 0.177 e. The molecule has 1 heterocycles. The molecule has 80 valence electrons. The summed E-state index contributed by atoms with van der Waals surface area (Å²) < 4.78 is 5.67. The number of carbonyl (C=O) groups is 1. The summed E-state index contributed by atoms with van der Waals surface area (Å²) in [4.78, 5) is 12.1. The van der Waals surface area contributed by atoms with Gasteiger partial charge in [-0.25, -0.2) is 0 Å². The molecule has 0 saturated carbocycles. The van der Waals surface area contributed by atoms with Crippen LogP contribution in [0, 0.1) is 5.92 Å². The van der Waals surface area contributed by atoms with Gasteiger partial charge in [0.2, 0.25) is 0 Å². The molecule has 3 heteroatoms. The Balaban J connectivity index is 2.09. The molecule has 0 bridgehead atoms. The van der Waals surface area contributed by atoms with Crippen LogP contribution in [-0.2, 0) is 0 Å². The lowest BCUT2D eigenvalue weighted by Crippen LogP contribution is -2.36. The van der Waals surface area contributed by atoms with Crippen molar-refractivity contribution in [2.24, 2.45) is 5.92 Å². The van der Waals surface area contributed by atoms with Gasteiger partial charge in [0.25, 0.3) is 0 Å². The number of allylic oxidation sites excluding steroid dienone is 1. The van der Waals surface area contributed by atoms with E-state index in [9.17, 15) is 9.90 Å². The van der Waals surface area contributed by atoms with Gasteiger partial charge >= 0.3 is 0 Å². The molecule has 2 atom stereocenters. The van der Waals surface area contributed by atoms with Gasteiger partial charge in [0, 0.05) is 0 Å². The van der Waals surface area contributed by atoms with E-state index in [1.807, 2.05) is 12.1 Å². The van der Waals surface area contributed by atoms with Gasteiger partial charge in [-0.1, -0.05) is 18.2 Å². The summed E-state index contributed by atoms with van der Waals surface area (Å²) in [7, 11) is 0. The number of benzene rings is 1. The number of para-hydroxylation sites is 1. The van der Waals surface area contributed by atoms with Crippen LogP contribution in [0.25, 0.3) is 0 Å². The molecule has 0 radical (unpaired) electrons. The average Bonchev–Trinajstić information content (AvgIpc) is 2.29. The third kappa shape index (κ3) is 1.25. The predicted molar refractivity (Wildman–Crippen MR) is 58.5 cm³/mol. The Morgan fingerprint density at radius 1 is 1.25 bits per heavy atom. The van der Waals surface area contributed by atoms with Crippen molar-refractivity contribution in [3.05, 3.63) is 53.8 Å². The number of hydrogen-bond acceptors (Lipinski definition) is 3. The second-order valence-electron chi connectivity index (χ2n) is 3.92. The predicted octanol–water partition coefficient (Wildman–Crippen LogP) is 2.26. The average molecular weight is 214 g/mol. The molecule has 0 aromatic heterocycles. The van der Waals surface area contributed by atoms with Gasteiger partial charge in [0.15, 0.2) is 5.78 Å². The van der Waals surface area contributed by atoms with Gasteiger partial charge in [-0.3, -0.25) is 4.79 Å². The monoisotopic (exact) mass is 214 g/mol. The van der Waals surface area contributed by atoms with E-state index >= 15 is 0 Å². The van der Waals surface area contributed by atoms with Gasteiger partial charge in [-0.2, -0.15) is 0 Å². The second kappa shape index (κ2) is 3.23. The smallest absolute Gasteiger partial charge is 0.177 e. The third-order valence-electron chi connectivity index (χ3n) is 2.88. The molecular formula is C13H10O3. The molecule has 0 spiro atoms. The summed E-state index contributed by atoms with van der Waals surface area (Å²) in [5, 5.41) is 9.37. The fourth-order valence-corrected chi connectivity index (χ4v) is 2.08. The molecule has 0 unspecified atom stereocenters. The minimum atomic E-state index is -0.382. The van der Waals surface area contributed by atoms with Gasteiger partial charge < -0.3 is 9.84 Å². The zero-order valence-electron chi connectivity index (χ0n) is 8.46. The number of Topliss-reactive ketones (excluding diaryl/α,β-unsaturated/α-hetero) is 1. The van der Waals surface area contributed by atoms with E-state index in [1.165, 1.54) is 6.08 Å². The standard InChI is InChI=1S/C13H10O3/c14-8-5-6-10-12(7-8)16-11-4-2-1-3-9(11)13(10)15/h1-7,10,12,14H/t10-,12-/m1/s1. The van der Waals surface area contributed by atoms with Gasteiger partial charge in [0.1, 0.15) is 17.6 Å². The SMILES string of the molecule is O=C1c2ccccc2O[C@@H]2C=C(O)C=C[C@@H]12. The molecule has 3 nitrogen and oxygen atoms in total. The number of carbonyl (C=O) groups excluding carboxylic acids is 1. The van der Waals surface area contributed by atoms with Crippen molar-refractivity contribution in [1.82, 2.24) is 0 Å². The van der Waals surface area contributed by atoms with Crippen LogP contribution in [0.3, 0.4) is 0 Å². The van der Waals surface area contributed by atoms with Gasteiger partial charge in [0.05, 0.1) is 11.5 Å². The zero-order chi connectivity index (χ0) is 11.1. The Hall–Kier alpha value is -2.03. The summed E-state index contributed by atoms with van der Waals surface area (Å²) in [6, 6.07) is 7.18. The summed E-state index contributed by atoms with van der Waals surface area (Å²) in [5.74, 6) is 0.471. The van der Waals surface area contributed by atoms with E-state index in [0.717, 1.165) is 0 Å². The number of ketones is 1. The fraction of sp³-hybridized carbons (Fsp3) is 0.154. The van der Waals surface area contributed by atoms with Crippen LogP contribution < -0.4 is 4.74 Å². The van der Waals surface area contributed by atoms with Crippen molar-refractivity contribution in [2.75, 3.05) is 0 Å². The van der Waals surface area contributed by atoms with E-state index < -0.39 is 0 Å². The minimum absolute atomic E-state index is 0.0480. The van der Waals surface area contributed by atoms with Crippen molar-refractivity contribution in [2.45, 2.75) is 6.10 Å². The largest absolute Gasteiger partial charge is 0.508 e. The van der Waals surface area contributed by atoms with Crippen LogP contribution in [0.5, 0.6) is 5.75 Å². The van der Waals surface area contributed by atoms with Crippen molar-refractivity contribution in [1.29, 1.82) is 0 Å².